The molecule has 0 N–H and O–H groups in total. The van der Waals surface area contributed by atoms with Gasteiger partial charge in [0.25, 0.3) is 0 Å². The van der Waals surface area contributed by atoms with Gasteiger partial charge in [-0.15, -0.1) is 11.3 Å². The highest BCUT2D eigenvalue weighted by Gasteiger charge is 2.14. The van der Waals surface area contributed by atoms with Crippen molar-refractivity contribution in [2.45, 2.75) is 13.8 Å². The van der Waals surface area contributed by atoms with Crippen molar-refractivity contribution in [1.29, 1.82) is 0 Å². The number of thiophene rings is 1. The first-order valence-electron chi connectivity index (χ1n) is 5.05. The number of hydrogen-bond donors (Lipinski definition) is 0. The molecule has 2 rings (SSSR count). The van der Waals surface area contributed by atoms with Crippen LogP contribution in [0.25, 0.3) is 0 Å². The zero-order valence-electron chi connectivity index (χ0n) is 9.38. The summed E-state index contributed by atoms with van der Waals surface area (Å²) in [5.74, 6) is 0.0226. The third-order valence-corrected chi connectivity index (χ3v) is 4.40. The fraction of sp³-hybridized carbons (Fsp3) is 0.154. The number of aryl methyl sites for hydroxylation is 2. The molecule has 2 aromatic rings. The first-order chi connectivity index (χ1) is 7.97. The fourth-order valence-corrected chi connectivity index (χ4v) is 3.35. The predicted molar refractivity (Wildman–Crippen MR) is 76.4 cm³/mol. The molecular formula is C13H10BrClOS. The van der Waals surface area contributed by atoms with E-state index >= 15 is 0 Å². The molecule has 0 aliphatic rings. The molecule has 1 heterocycles. The predicted octanol–water partition coefficient (Wildman–Crippen LogP) is 5.01. The second-order valence-electron chi connectivity index (χ2n) is 3.91. The van der Waals surface area contributed by atoms with Gasteiger partial charge in [-0.3, -0.25) is 4.79 Å². The summed E-state index contributed by atoms with van der Waals surface area (Å²) in [6.45, 7) is 3.87. The van der Waals surface area contributed by atoms with E-state index in [4.69, 9.17) is 11.6 Å². The average Bonchev–Trinajstić information content (AvgIpc) is 2.57. The van der Waals surface area contributed by atoms with Crippen LogP contribution >= 0.6 is 38.9 Å². The summed E-state index contributed by atoms with van der Waals surface area (Å²) in [6, 6.07) is 7.53. The summed E-state index contributed by atoms with van der Waals surface area (Å²) in [7, 11) is 0. The molecule has 0 spiro atoms. The SMILES string of the molecule is Cc1cc(Br)cc(C(=O)c2cc(C)c(Cl)s2)c1. The van der Waals surface area contributed by atoms with Crippen molar-refractivity contribution < 1.29 is 4.79 Å². The number of ketones is 1. The van der Waals surface area contributed by atoms with Gasteiger partial charge in [0, 0.05) is 10.0 Å². The summed E-state index contributed by atoms with van der Waals surface area (Å²) in [6.07, 6.45) is 0. The monoisotopic (exact) mass is 328 g/mol. The van der Waals surface area contributed by atoms with Gasteiger partial charge in [-0.2, -0.15) is 0 Å². The maximum Gasteiger partial charge on any atom is 0.203 e. The highest BCUT2D eigenvalue weighted by atomic mass is 79.9. The molecule has 88 valence electrons. The van der Waals surface area contributed by atoms with Crippen LogP contribution in [-0.4, -0.2) is 5.78 Å². The lowest BCUT2D eigenvalue weighted by Gasteiger charge is -2.01. The zero-order valence-corrected chi connectivity index (χ0v) is 12.5. The Hall–Kier alpha value is -0.640. The van der Waals surface area contributed by atoms with E-state index in [2.05, 4.69) is 15.9 Å². The van der Waals surface area contributed by atoms with Gasteiger partial charge in [0.1, 0.15) is 0 Å². The Bertz CT molecular complexity index is 549. The Morgan fingerprint density at radius 3 is 2.47 bits per heavy atom. The second-order valence-corrected chi connectivity index (χ2v) is 6.48. The summed E-state index contributed by atoms with van der Waals surface area (Å²) in [5.41, 5.74) is 2.70. The molecule has 0 atom stereocenters. The van der Waals surface area contributed by atoms with Crippen molar-refractivity contribution in [3.63, 3.8) is 0 Å². The van der Waals surface area contributed by atoms with E-state index in [0.29, 0.717) is 14.8 Å². The normalized spacial score (nSPS) is 10.6. The third-order valence-electron chi connectivity index (χ3n) is 2.39. The number of benzene rings is 1. The number of carbonyl (C=O) groups is 1. The lowest BCUT2D eigenvalue weighted by atomic mass is 10.1. The van der Waals surface area contributed by atoms with E-state index in [1.807, 2.05) is 38.1 Å². The first-order valence-corrected chi connectivity index (χ1v) is 7.04. The molecule has 0 unspecified atom stereocenters. The molecule has 1 aromatic heterocycles. The van der Waals surface area contributed by atoms with Gasteiger partial charge in [-0.25, -0.2) is 0 Å². The highest BCUT2D eigenvalue weighted by Crippen LogP contribution is 2.29. The van der Waals surface area contributed by atoms with Gasteiger partial charge in [-0.1, -0.05) is 27.5 Å². The number of carbonyl (C=O) groups excluding carboxylic acids is 1. The molecule has 0 aliphatic carbocycles. The van der Waals surface area contributed by atoms with E-state index in [0.717, 1.165) is 15.6 Å². The average molecular weight is 330 g/mol. The van der Waals surface area contributed by atoms with Crippen molar-refractivity contribution in [3.8, 4) is 0 Å². The minimum atomic E-state index is 0.0226. The van der Waals surface area contributed by atoms with Gasteiger partial charge >= 0.3 is 0 Å². The Balaban J connectivity index is 2.43. The van der Waals surface area contributed by atoms with Gasteiger partial charge in [0.2, 0.25) is 5.78 Å². The number of hydrogen-bond acceptors (Lipinski definition) is 2. The topological polar surface area (TPSA) is 17.1 Å². The third kappa shape index (κ3) is 2.79. The second kappa shape index (κ2) is 4.92. The van der Waals surface area contributed by atoms with Crippen molar-refractivity contribution in [2.24, 2.45) is 0 Å². The van der Waals surface area contributed by atoms with Crippen LogP contribution in [0.5, 0.6) is 0 Å². The van der Waals surface area contributed by atoms with Crippen LogP contribution in [0.1, 0.15) is 26.4 Å². The zero-order chi connectivity index (χ0) is 12.6. The van der Waals surface area contributed by atoms with Gasteiger partial charge in [-0.05, 0) is 49.2 Å². The quantitative estimate of drug-likeness (QED) is 0.708. The van der Waals surface area contributed by atoms with Gasteiger partial charge in [0.15, 0.2) is 0 Å². The number of rotatable bonds is 2. The van der Waals surface area contributed by atoms with Crippen LogP contribution in [0.4, 0.5) is 0 Å². The molecule has 0 fully saturated rings. The molecule has 0 aliphatic heterocycles. The van der Waals surface area contributed by atoms with Crippen LogP contribution in [0.3, 0.4) is 0 Å². The Labute approximate surface area is 118 Å². The molecule has 0 amide bonds. The van der Waals surface area contributed by atoms with E-state index < -0.39 is 0 Å². The summed E-state index contributed by atoms with van der Waals surface area (Å²) < 4.78 is 1.60. The molecule has 0 radical (unpaired) electrons. The van der Waals surface area contributed by atoms with Crippen molar-refractivity contribution in [1.82, 2.24) is 0 Å². The lowest BCUT2D eigenvalue weighted by Crippen LogP contribution is -1.99. The van der Waals surface area contributed by atoms with Crippen LogP contribution < -0.4 is 0 Å². The van der Waals surface area contributed by atoms with E-state index in [-0.39, 0.29) is 5.78 Å². The van der Waals surface area contributed by atoms with Crippen LogP contribution in [0.15, 0.2) is 28.7 Å². The molecule has 0 saturated carbocycles. The van der Waals surface area contributed by atoms with E-state index in [9.17, 15) is 4.79 Å². The molecule has 1 aromatic carbocycles. The largest absolute Gasteiger partial charge is 0.288 e. The minimum absolute atomic E-state index is 0.0226. The van der Waals surface area contributed by atoms with Crippen molar-refractivity contribution >= 4 is 44.7 Å². The molecule has 1 nitrogen and oxygen atoms in total. The van der Waals surface area contributed by atoms with E-state index in [1.54, 1.807) is 0 Å². The summed E-state index contributed by atoms with van der Waals surface area (Å²) in [4.78, 5) is 12.9. The van der Waals surface area contributed by atoms with Gasteiger partial charge in [0.05, 0.1) is 9.21 Å². The minimum Gasteiger partial charge on any atom is -0.288 e. The summed E-state index contributed by atoms with van der Waals surface area (Å²) >= 11 is 10.7. The Morgan fingerprint density at radius 1 is 1.24 bits per heavy atom. The van der Waals surface area contributed by atoms with Crippen LogP contribution in [-0.2, 0) is 0 Å². The van der Waals surface area contributed by atoms with E-state index in [1.165, 1.54) is 11.3 Å². The maximum atomic E-state index is 12.2. The van der Waals surface area contributed by atoms with Crippen LogP contribution in [0.2, 0.25) is 4.34 Å². The molecule has 0 saturated heterocycles. The van der Waals surface area contributed by atoms with Crippen molar-refractivity contribution in [2.75, 3.05) is 0 Å². The molecule has 0 bridgehead atoms. The molecular weight excluding hydrogens is 320 g/mol. The summed E-state index contributed by atoms with van der Waals surface area (Å²) in [5, 5.41) is 0. The van der Waals surface area contributed by atoms with Gasteiger partial charge < -0.3 is 0 Å². The standard InChI is InChI=1S/C13H10BrClOS/c1-7-3-9(6-10(14)4-7)12(16)11-5-8(2)13(15)17-11/h3-6H,1-2H3. The number of halogens is 2. The first kappa shape index (κ1) is 12.8. The maximum absolute atomic E-state index is 12.2. The Morgan fingerprint density at radius 2 is 1.94 bits per heavy atom. The smallest absolute Gasteiger partial charge is 0.203 e. The molecule has 17 heavy (non-hydrogen) atoms. The lowest BCUT2D eigenvalue weighted by molar-refractivity contribution is 0.104. The highest BCUT2D eigenvalue weighted by molar-refractivity contribution is 9.10. The molecule has 4 heteroatoms. The van der Waals surface area contributed by atoms with Crippen molar-refractivity contribution in [3.05, 3.63) is 54.6 Å². The fourth-order valence-electron chi connectivity index (χ4n) is 1.58. The van der Waals surface area contributed by atoms with Crippen LogP contribution in [0, 0.1) is 13.8 Å². The Kier molecular flexibility index (Phi) is 3.71.